The summed E-state index contributed by atoms with van der Waals surface area (Å²) in [5, 5.41) is 10.5. The molecule has 1 aromatic carbocycles. The summed E-state index contributed by atoms with van der Waals surface area (Å²) < 4.78 is 0. The van der Waals surface area contributed by atoms with Gasteiger partial charge in [0.05, 0.1) is 4.92 Å². The van der Waals surface area contributed by atoms with E-state index in [1.54, 1.807) is 13.0 Å². The largest absolute Gasteiger partial charge is 0.393 e. The molecular formula is C9H10N2O3. The third-order valence-electron chi connectivity index (χ3n) is 1.98. The van der Waals surface area contributed by atoms with E-state index in [0.717, 1.165) is 6.29 Å². The molecule has 0 bridgehead atoms. The van der Waals surface area contributed by atoms with Crippen molar-refractivity contribution in [2.45, 2.75) is 12.8 Å². The van der Waals surface area contributed by atoms with Gasteiger partial charge in [0.2, 0.25) is 0 Å². The number of carbonyl (C=O) groups excluding carboxylic acids is 1. The van der Waals surface area contributed by atoms with E-state index in [0.29, 0.717) is 5.56 Å². The molecule has 0 fully saturated rings. The lowest BCUT2D eigenvalue weighted by molar-refractivity contribution is -0.384. The number of nitrogen functional groups attached to an aromatic ring is 1. The van der Waals surface area contributed by atoms with Crippen molar-refractivity contribution in [3.8, 4) is 0 Å². The Labute approximate surface area is 80.7 Å². The molecular weight excluding hydrogens is 184 g/mol. The van der Waals surface area contributed by atoms with Crippen LogP contribution in [0, 0.1) is 10.1 Å². The summed E-state index contributed by atoms with van der Waals surface area (Å²) in [6, 6.07) is 4.38. The summed E-state index contributed by atoms with van der Waals surface area (Å²) in [6.45, 7) is 1.67. The van der Waals surface area contributed by atoms with Crippen LogP contribution >= 0.6 is 0 Å². The summed E-state index contributed by atoms with van der Waals surface area (Å²) in [5.74, 6) is -0.353. The van der Waals surface area contributed by atoms with E-state index in [2.05, 4.69) is 0 Å². The first-order valence-electron chi connectivity index (χ1n) is 4.05. The fraction of sp³-hybridized carbons (Fsp3) is 0.222. The quantitative estimate of drug-likeness (QED) is 0.341. The molecule has 5 heteroatoms. The second-order valence-electron chi connectivity index (χ2n) is 3.00. The van der Waals surface area contributed by atoms with Crippen LogP contribution in [0.1, 0.15) is 18.4 Å². The van der Waals surface area contributed by atoms with Crippen LogP contribution in [0.2, 0.25) is 0 Å². The standard InChI is InChI=1S/C9H10N2O3/c1-6(5-12)7-2-3-8(10)9(4-7)11(13)14/h2-6H,10H2,1H3. The Kier molecular flexibility index (Phi) is 2.81. The van der Waals surface area contributed by atoms with Gasteiger partial charge in [0.15, 0.2) is 0 Å². The topological polar surface area (TPSA) is 86.2 Å². The van der Waals surface area contributed by atoms with Crippen LogP contribution in [-0.4, -0.2) is 11.2 Å². The van der Waals surface area contributed by atoms with Crippen molar-refractivity contribution in [2.75, 3.05) is 5.73 Å². The fourth-order valence-corrected chi connectivity index (χ4v) is 1.08. The van der Waals surface area contributed by atoms with Gasteiger partial charge >= 0.3 is 0 Å². The third-order valence-corrected chi connectivity index (χ3v) is 1.98. The Hall–Kier alpha value is -1.91. The number of anilines is 1. The minimum absolute atomic E-state index is 0.108. The molecule has 0 saturated heterocycles. The number of nitro benzene ring substituents is 1. The second kappa shape index (κ2) is 3.87. The van der Waals surface area contributed by atoms with Gasteiger partial charge in [-0.1, -0.05) is 13.0 Å². The highest BCUT2D eigenvalue weighted by Crippen LogP contribution is 2.25. The summed E-state index contributed by atoms with van der Waals surface area (Å²) >= 11 is 0. The Morgan fingerprint density at radius 2 is 2.21 bits per heavy atom. The maximum atomic E-state index is 10.5. The van der Waals surface area contributed by atoms with Gasteiger partial charge in [0, 0.05) is 12.0 Å². The number of rotatable bonds is 3. The Morgan fingerprint density at radius 3 is 2.71 bits per heavy atom. The Bertz CT molecular complexity index is 376. The molecule has 1 aromatic rings. The molecule has 74 valence electrons. The van der Waals surface area contributed by atoms with Crippen LogP contribution in [0.3, 0.4) is 0 Å². The van der Waals surface area contributed by atoms with Gasteiger partial charge < -0.3 is 10.5 Å². The summed E-state index contributed by atoms with van der Waals surface area (Å²) in [4.78, 5) is 20.4. The lowest BCUT2D eigenvalue weighted by Crippen LogP contribution is -1.99. The van der Waals surface area contributed by atoms with Gasteiger partial charge in [-0.3, -0.25) is 10.1 Å². The normalized spacial score (nSPS) is 12.1. The van der Waals surface area contributed by atoms with E-state index in [4.69, 9.17) is 5.73 Å². The molecule has 1 rings (SSSR count). The first-order valence-corrected chi connectivity index (χ1v) is 4.05. The smallest absolute Gasteiger partial charge is 0.292 e. The van der Waals surface area contributed by atoms with Crippen molar-refractivity contribution in [1.82, 2.24) is 0 Å². The molecule has 14 heavy (non-hydrogen) atoms. The van der Waals surface area contributed by atoms with Gasteiger partial charge in [0.25, 0.3) is 5.69 Å². The molecule has 0 saturated carbocycles. The fourth-order valence-electron chi connectivity index (χ4n) is 1.08. The number of nitrogens with two attached hydrogens (primary N) is 1. The third kappa shape index (κ3) is 1.87. The molecule has 0 radical (unpaired) electrons. The summed E-state index contributed by atoms with van der Waals surface area (Å²) in [7, 11) is 0. The van der Waals surface area contributed by atoms with Crippen LogP contribution in [0.5, 0.6) is 0 Å². The van der Waals surface area contributed by atoms with Crippen molar-refractivity contribution in [2.24, 2.45) is 0 Å². The highest BCUT2D eigenvalue weighted by atomic mass is 16.6. The van der Waals surface area contributed by atoms with E-state index in [1.807, 2.05) is 0 Å². The zero-order valence-corrected chi connectivity index (χ0v) is 7.64. The summed E-state index contributed by atoms with van der Waals surface area (Å²) in [6.07, 6.45) is 0.731. The molecule has 0 aromatic heterocycles. The highest BCUT2D eigenvalue weighted by molar-refractivity contribution is 5.66. The molecule has 0 spiro atoms. The number of carbonyl (C=O) groups is 1. The van der Waals surface area contributed by atoms with Crippen molar-refractivity contribution >= 4 is 17.7 Å². The van der Waals surface area contributed by atoms with E-state index >= 15 is 0 Å². The van der Waals surface area contributed by atoms with Gasteiger partial charge in [-0.25, -0.2) is 0 Å². The zero-order chi connectivity index (χ0) is 10.7. The minimum Gasteiger partial charge on any atom is -0.393 e. The monoisotopic (exact) mass is 194 g/mol. The molecule has 1 unspecified atom stereocenters. The molecule has 0 aliphatic heterocycles. The number of aldehydes is 1. The molecule has 2 N–H and O–H groups in total. The number of nitrogens with zero attached hydrogens (tertiary/aromatic N) is 1. The maximum Gasteiger partial charge on any atom is 0.292 e. The number of hydrogen-bond donors (Lipinski definition) is 1. The van der Waals surface area contributed by atoms with E-state index in [-0.39, 0.29) is 17.3 Å². The molecule has 0 heterocycles. The molecule has 0 aliphatic rings. The van der Waals surface area contributed by atoms with Gasteiger partial charge in [0.1, 0.15) is 12.0 Å². The first kappa shape index (κ1) is 10.2. The van der Waals surface area contributed by atoms with Gasteiger partial charge in [-0.05, 0) is 11.6 Å². The maximum absolute atomic E-state index is 10.5. The van der Waals surface area contributed by atoms with Crippen molar-refractivity contribution in [3.63, 3.8) is 0 Å². The molecule has 1 atom stereocenters. The van der Waals surface area contributed by atoms with Crippen LogP contribution < -0.4 is 5.73 Å². The van der Waals surface area contributed by atoms with E-state index < -0.39 is 4.92 Å². The van der Waals surface area contributed by atoms with Crippen LogP contribution in [-0.2, 0) is 4.79 Å². The summed E-state index contributed by atoms with van der Waals surface area (Å²) in [5.41, 5.74) is 5.95. The average molecular weight is 194 g/mol. The molecule has 0 aliphatic carbocycles. The minimum atomic E-state index is -0.559. The number of nitro groups is 1. The predicted octanol–water partition coefficient (Wildman–Crippen LogP) is 1.48. The van der Waals surface area contributed by atoms with Crippen LogP contribution in [0.4, 0.5) is 11.4 Å². The highest BCUT2D eigenvalue weighted by Gasteiger charge is 2.14. The molecule has 0 amide bonds. The lowest BCUT2D eigenvalue weighted by atomic mass is 10.0. The zero-order valence-electron chi connectivity index (χ0n) is 7.64. The van der Waals surface area contributed by atoms with E-state index in [9.17, 15) is 14.9 Å². The number of hydrogen-bond acceptors (Lipinski definition) is 4. The molecule has 5 nitrogen and oxygen atoms in total. The first-order chi connectivity index (χ1) is 6.56. The van der Waals surface area contributed by atoms with Crippen LogP contribution in [0.15, 0.2) is 18.2 Å². The lowest BCUT2D eigenvalue weighted by Gasteiger charge is -2.04. The Morgan fingerprint density at radius 1 is 1.57 bits per heavy atom. The second-order valence-corrected chi connectivity index (χ2v) is 3.00. The number of benzene rings is 1. The van der Waals surface area contributed by atoms with Crippen LogP contribution in [0.25, 0.3) is 0 Å². The predicted molar refractivity (Wildman–Crippen MR) is 52.0 cm³/mol. The van der Waals surface area contributed by atoms with Crippen molar-refractivity contribution < 1.29 is 9.72 Å². The van der Waals surface area contributed by atoms with Gasteiger partial charge in [-0.2, -0.15) is 0 Å². The van der Waals surface area contributed by atoms with E-state index in [1.165, 1.54) is 12.1 Å². The van der Waals surface area contributed by atoms with Crippen molar-refractivity contribution in [3.05, 3.63) is 33.9 Å². The van der Waals surface area contributed by atoms with Gasteiger partial charge in [-0.15, -0.1) is 0 Å². The average Bonchev–Trinajstić information content (AvgIpc) is 2.17. The van der Waals surface area contributed by atoms with Crippen molar-refractivity contribution in [1.29, 1.82) is 0 Å². The SMILES string of the molecule is CC(C=O)c1ccc(N)c([N+](=O)[O-])c1. The Balaban J connectivity index is 3.19.